The van der Waals surface area contributed by atoms with E-state index in [4.69, 9.17) is 0 Å². The number of imidazole rings is 1. The summed E-state index contributed by atoms with van der Waals surface area (Å²) in [6, 6.07) is 7.63. The van der Waals surface area contributed by atoms with Crippen LogP contribution in [0.25, 0.3) is 0 Å². The number of hydrogen-bond donors (Lipinski definition) is 0. The van der Waals surface area contributed by atoms with Crippen molar-refractivity contribution >= 4 is 0 Å². The quantitative estimate of drug-likeness (QED) is 0.719. The number of aromatic nitrogens is 2. The number of nitrogens with zero attached hydrogens (tertiary/aromatic N) is 2. The van der Waals surface area contributed by atoms with Crippen LogP contribution in [0, 0.1) is 0 Å². The normalized spacial score (nSPS) is 12.3. The fourth-order valence-corrected chi connectivity index (χ4v) is 1.54. The summed E-state index contributed by atoms with van der Waals surface area (Å²) < 4.78 is 1.98. The lowest BCUT2D eigenvalue weighted by atomic mass is 10.1. The first-order valence-corrected chi connectivity index (χ1v) is 5.12. The highest BCUT2D eigenvalue weighted by Crippen LogP contribution is 2.15. The summed E-state index contributed by atoms with van der Waals surface area (Å²) >= 11 is 0. The topological polar surface area (TPSA) is 37.7 Å². The average Bonchev–Trinajstić information content (AvgIpc) is 2.82. The van der Waals surface area contributed by atoms with Crippen molar-refractivity contribution in [2.75, 3.05) is 0 Å². The lowest BCUT2D eigenvalue weighted by Gasteiger charge is -2.06. The van der Waals surface area contributed by atoms with Gasteiger partial charge in [0.05, 0.1) is 6.33 Å². The first kappa shape index (κ1) is 10.6. The van der Waals surface area contributed by atoms with Gasteiger partial charge in [0.15, 0.2) is 0 Å². The molecule has 0 N–H and O–H groups in total. The molecule has 1 unspecified atom stereocenters. The molecular formula is C13H13N2O. The highest BCUT2D eigenvalue weighted by atomic mass is 16.3. The fraction of sp³-hybridized carbons (Fsp3) is 0.154. The smallest absolute Gasteiger partial charge is 0.136 e. The Morgan fingerprint density at radius 2 is 2.12 bits per heavy atom. The number of benzene rings is 1. The van der Waals surface area contributed by atoms with E-state index in [1.807, 2.05) is 35.0 Å². The summed E-state index contributed by atoms with van der Waals surface area (Å²) in [5.74, 6) is 0. The largest absolute Gasteiger partial charge is 0.333 e. The molecule has 2 rings (SSSR count). The maximum absolute atomic E-state index is 11.4. The van der Waals surface area contributed by atoms with E-state index >= 15 is 0 Å². The molecule has 0 amide bonds. The van der Waals surface area contributed by atoms with Crippen LogP contribution >= 0.6 is 0 Å². The van der Waals surface area contributed by atoms with Crippen molar-refractivity contribution in [3.8, 4) is 0 Å². The van der Waals surface area contributed by atoms with E-state index in [2.05, 4.69) is 11.6 Å². The van der Waals surface area contributed by atoms with Gasteiger partial charge in [-0.3, -0.25) is 0 Å². The zero-order valence-electron chi connectivity index (χ0n) is 8.91. The highest BCUT2D eigenvalue weighted by molar-refractivity contribution is 5.26. The van der Waals surface area contributed by atoms with E-state index in [9.17, 15) is 5.11 Å². The minimum absolute atomic E-state index is 0.754. The molecule has 0 aliphatic rings. The molecule has 1 heterocycles. The monoisotopic (exact) mass is 213 g/mol. The van der Waals surface area contributed by atoms with E-state index in [1.165, 1.54) is 6.08 Å². The van der Waals surface area contributed by atoms with Crippen molar-refractivity contribution in [1.29, 1.82) is 0 Å². The molecule has 2 aromatic rings. The molecule has 3 nitrogen and oxygen atoms in total. The average molecular weight is 213 g/mol. The van der Waals surface area contributed by atoms with Crippen LogP contribution in [0.3, 0.4) is 0 Å². The van der Waals surface area contributed by atoms with Gasteiger partial charge in [0, 0.05) is 18.9 Å². The van der Waals surface area contributed by atoms with Gasteiger partial charge >= 0.3 is 0 Å². The van der Waals surface area contributed by atoms with Crippen molar-refractivity contribution in [3.05, 3.63) is 66.8 Å². The predicted molar refractivity (Wildman–Crippen MR) is 61.4 cm³/mol. The second-order valence-electron chi connectivity index (χ2n) is 3.63. The predicted octanol–water partition coefficient (Wildman–Crippen LogP) is 2.59. The Hall–Kier alpha value is -1.87. The van der Waals surface area contributed by atoms with E-state index < -0.39 is 6.10 Å². The Kier molecular flexibility index (Phi) is 3.17. The van der Waals surface area contributed by atoms with Crippen molar-refractivity contribution in [2.45, 2.75) is 12.6 Å². The summed E-state index contributed by atoms with van der Waals surface area (Å²) in [4.78, 5) is 3.98. The maximum atomic E-state index is 11.4. The number of hydrogen-bond acceptors (Lipinski definition) is 1. The number of rotatable bonds is 4. The Morgan fingerprint density at radius 1 is 1.38 bits per heavy atom. The lowest BCUT2D eigenvalue weighted by Crippen LogP contribution is -1.97. The summed E-state index contributed by atoms with van der Waals surface area (Å²) in [6.07, 6.45) is 6.01. The third-order valence-electron chi connectivity index (χ3n) is 2.45. The molecule has 0 aliphatic heterocycles. The van der Waals surface area contributed by atoms with Crippen LogP contribution in [0.15, 0.2) is 55.6 Å². The molecule has 1 radical (unpaired) electrons. The van der Waals surface area contributed by atoms with E-state index in [0.29, 0.717) is 0 Å². The Bertz CT molecular complexity index is 445. The van der Waals surface area contributed by atoms with Crippen LogP contribution in [0.5, 0.6) is 0 Å². The van der Waals surface area contributed by atoms with Crippen LogP contribution in [0.2, 0.25) is 0 Å². The highest BCUT2D eigenvalue weighted by Gasteiger charge is 2.03. The van der Waals surface area contributed by atoms with E-state index in [1.54, 1.807) is 12.5 Å². The van der Waals surface area contributed by atoms with Crippen LogP contribution in [-0.2, 0) is 11.7 Å². The minimum Gasteiger partial charge on any atom is -0.333 e. The Morgan fingerprint density at radius 3 is 2.69 bits per heavy atom. The van der Waals surface area contributed by atoms with Gasteiger partial charge in [-0.25, -0.2) is 10.1 Å². The van der Waals surface area contributed by atoms with Gasteiger partial charge in [-0.05, 0) is 11.1 Å². The maximum Gasteiger partial charge on any atom is 0.136 e. The zero-order chi connectivity index (χ0) is 11.4. The zero-order valence-corrected chi connectivity index (χ0v) is 8.91. The Labute approximate surface area is 94.7 Å². The summed E-state index contributed by atoms with van der Waals surface area (Å²) in [5.41, 5.74) is 1.90. The molecule has 0 fully saturated rings. The second-order valence-corrected chi connectivity index (χ2v) is 3.63. The fourth-order valence-electron chi connectivity index (χ4n) is 1.54. The van der Waals surface area contributed by atoms with Crippen LogP contribution in [0.1, 0.15) is 17.2 Å². The van der Waals surface area contributed by atoms with Gasteiger partial charge in [-0.15, -0.1) is 6.58 Å². The molecule has 0 saturated carbocycles. The molecule has 81 valence electrons. The van der Waals surface area contributed by atoms with Crippen molar-refractivity contribution in [2.24, 2.45) is 0 Å². The molecule has 3 heteroatoms. The molecule has 0 aliphatic carbocycles. The third-order valence-corrected chi connectivity index (χ3v) is 2.45. The molecule has 1 aromatic carbocycles. The molecule has 0 bridgehead atoms. The second kappa shape index (κ2) is 4.77. The first-order chi connectivity index (χ1) is 7.79. The van der Waals surface area contributed by atoms with Gasteiger partial charge in [-0.2, -0.15) is 0 Å². The SMILES string of the molecule is C=CC([O])c1ccc(Cn2ccnc2)cc1. The van der Waals surface area contributed by atoms with Gasteiger partial charge < -0.3 is 4.57 Å². The molecular weight excluding hydrogens is 200 g/mol. The lowest BCUT2D eigenvalue weighted by molar-refractivity contribution is 0.132. The molecule has 16 heavy (non-hydrogen) atoms. The van der Waals surface area contributed by atoms with Gasteiger partial charge in [0.2, 0.25) is 0 Å². The van der Waals surface area contributed by atoms with Gasteiger partial charge in [0.1, 0.15) is 6.10 Å². The standard InChI is InChI=1S/C13H13N2O/c1-2-13(16)12-5-3-11(4-6-12)9-15-8-7-14-10-15/h2-8,10,13H,1,9H2. The summed E-state index contributed by atoms with van der Waals surface area (Å²) in [7, 11) is 0. The molecule has 0 saturated heterocycles. The van der Waals surface area contributed by atoms with Gasteiger partial charge in [-0.1, -0.05) is 30.3 Å². The molecule has 0 spiro atoms. The van der Waals surface area contributed by atoms with Crippen molar-refractivity contribution < 1.29 is 5.11 Å². The van der Waals surface area contributed by atoms with Crippen LogP contribution < -0.4 is 0 Å². The molecule has 1 aromatic heterocycles. The third kappa shape index (κ3) is 2.38. The summed E-state index contributed by atoms with van der Waals surface area (Å²) in [6.45, 7) is 4.27. The first-order valence-electron chi connectivity index (χ1n) is 5.12. The minimum atomic E-state index is -0.831. The summed E-state index contributed by atoms with van der Waals surface area (Å²) in [5, 5.41) is 11.4. The van der Waals surface area contributed by atoms with Crippen molar-refractivity contribution in [3.63, 3.8) is 0 Å². The molecule has 1 atom stereocenters. The van der Waals surface area contributed by atoms with Crippen LogP contribution in [0.4, 0.5) is 0 Å². The Balaban J connectivity index is 2.10. The van der Waals surface area contributed by atoms with Crippen LogP contribution in [-0.4, -0.2) is 9.55 Å². The van der Waals surface area contributed by atoms with E-state index in [0.717, 1.165) is 17.7 Å². The van der Waals surface area contributed by atoms with E-state index in [-0.39, 0.29) is 0 Å². The van der Waals surface area contributed by atoms with Crippen molar-refractivity contribution in [1.82, 2.24) is 9.55 Å². The van der Waals surface area contributed by atoms with Gasteiger partial charge in [0.25, 0.3) is 0 Å².